The first-order chi connectivity index (χ1) is 11.0. The van der Waals surface area contributed by atoms with Gasteiger partial charge >= 0.3 is 12.1 Å². The molecule has 3 N–H and O–H groups in total. The maximum Gasteiger partial charge on any atom is 0.407 e. The van der Waals surface area contributed by atoms with Crippen molar-refractivity contribution >= 4 is 28.4 Å². The van der Waals surface area contributed by atoms with Crippen LogP contribution in [-0.2, 0) is 16.0 Å². The molecule has 0 saturated carbocycles. The molecule has 0 aromatic carbocycles. The molecule has 1 atom stereocenters. The Balaban J connectivity index is 1.99. The summed E-state index contributed by atoms with van der Waals surface area (Å²) in [5.74, 6) is -1.00. The lowest BCUT2D eigenvalue weighted by Crippen LogP contribution is -2.27. The summed E-state index contributed by atoms with van der Waals surface area (Å²) >= 11 is 1.30. The Morgan fingerprint density at radius 1 is 1.48 bits per heavy atom. The molecule has 1 fully saturated rings. The van der Waals surface area contributed by atoms with Gasteiger partial charge in [0.1, 0.15) is 11.2 Å². The van der Waals surface area contributed by atoms with Crippen LogP contribution in [0.4, 0.5) is 9.80 Å². The van der Waals surface area contributed by atoms with E-state index in [1.807, 2.05) is 0 Å². The summed E-state index contributed by atoms with van der Waals surface area (Å²) in [6.07, 6.45) is 2.06. The van der Waals surface area contributed by atoms with E-state index in [1.165, 1.54) is 11.3 Å². The van der Waals surface area contributed by atoms with E-state index < -0.39 is 12.1 Å². The molecule has 0 bridgehead atoms. The molecule has 2 rings (SSSR count). The zero-order chi connectivity index (χ0) is 16.8. The molecule has 1 aromatic rings. The van der Waals surface area contributed by atoms with Crippen LogP contribution in [-0.4, -0.2) is 36.1 Å². The summed E-state index contributed by atoms with van der Waals surface area (Å²) < 4.78 is 10.6. The Hall–Kier alpha value is -1.80. The average Bonchev–Trinajstić information content (AvgIpc) is 2.89. The molecule has 7 nitrogen and oxygen atoms in total. The summed E-state index contributed by atoms with van der Waals surface area (Å²) in [5, 5.41) is 15.6. The van der Waals surface area contributed by atoms with Crippen LogP contribution in [0.2, 0.25) is 0 Å². The third kappa shape index (κ3) is 5.40. The highest BCUT2D eigenvalue weighted by atomic mass is 32.1. The first-order valence-corrected chi connectivity index (χ1v) is 8.46. The molecule has 1 unspecified atom stereocenters. The zero-order valence-electron chi connectivity index (χ0n) is 13.3. The van der Waals surface area contributed by atoms with Crippen molar-refractivity contribution in [3.63, 3.8) is 0 Å². The summed E-state index contributed by atoms with van der Waals surface area (Å²) in [6, 6.07) is 1.56. The molecule has 1 aliphatic heterocycles. The van der Waals surface area contributed by atoms with Gasteiger partial charge in [-0.05, 0) is 39.2 Å². The molecule has 1 aliphatic rings. The van der Waals surface area contributed by atoms with Gasteiger partial charge in [-0.15, -0.1) is 11.3 Å². The largest absolute Gasteiger partial charge is 0.478 e. The molecule has 1 aromatic heterocycles. The maximum absolute atomic E-state index is 11.5. The minimum absolute atomic E-state index is 0.160. The monoisotopic (exact) mass is 342 g/mol. The van der Waals surface area contributed by atoms with E-state index in [4.69, 9.17) is 9.47 Å². The predicted molar refractivity (Wildman–Crippen MR) is 86.9 cm³/mol. The Morgan fingerprint density at radius 3 is 2.87 bits per heavy atom. The fourth-order valence-electron chi connectivity index (χ4n) is 2.21. The van der Waals surface area contributed by atoms with Crippen molar-refractivity contribution in [2.24, 2.45) is 0 Å². The van der Waals surface area contributed by atoms with Gasteiger partial charge in [-0.2, -0.15) is 0 Å². The van der Waals surface area contributed by atoms with Gasteiger partial charge in [0.25, 0.3) is 0 Å². The van der Waals surface area contributed by atoms with E-state index >= 15 is 0 Å². The number of nitrogens with one attached hydrogen (secondary N) is 2. The lowest BCUT2D eigenvalue weighted by atomic mass is 10.2. The van der Waals surface area contributed by atoms with Crippen LogP contribution in [0.15, 0.2) is 6.07 Å². The van der Waals surface area contributed by atoms with E-state index in [1.54, 1.807) is 19.9 Å². The Kier molecular flexibility index (Phi) is 6.23. The van der Waals surface area contributed by atoms with Crippen LogP contribution in [0.5, 0.6) is 0 Å². The Morgan fingerprint density at radius 2 is 2.26 bits per heavy atom. The topological polar surface area (TPSA) is 96.9 Å². The fourth-order valence-corrected chi connectivity index (χ4v) is 3.24. The van der Waals surface area contributed by atoms with Crippen molar-refractivity contribution in [1.29, 1.82) is 0 Å². The zero-order valence-corrected chi connectivity index (χ0v) is 14.1. The first-order valence-electron chi connectivity index (χ1n) is 7.64. The van der Waals surface area contributed by atoms with E-state index in [0.717, 1.165) is 24.1 Å². The van der Waals surface area contributed by atoms with Crippen LogP contribution < -0.4 is 10.6 Å². The maximum atomic E-state index is 11.5. The molecular formula is C15H22N2O5S. The summed E-state index contributed by atoms with van der Waals surface area (Å²) in [4.78, 5) is 23.6. The summed E-state index contributed by atoms with van der Waals surface area (Å²) in [6.45, 7) is 4.43. The second-order valence-corrected chi connectivity index (χ2v) is 6.70. The van der Waals surface area contributed by atoms with Gasteiger partial charge in [0.2, 0.25) is 0 Å². The number of carbonyl (C=O) groups excluding carboxylic acids is 1. The van der Waals surface area contributed by atoms with Crippen LogP contribution in [0.25, 0.3) is 0 Å². The highest BCUT2D eigenvalue weighted by Gasteiger charge is 2.20. The van der Waals surface area contributed by atoms with Gasteiger partial charge in [0, 0.05) is 11.5 Å². The van der Waals surface area contributed by atoms with Gasteiger partial charge in [-0.25, -0.2) is 9.59 Å². The minimum Gasteiger partial charge on any atom is -0.478 e. The number of thiophene rings is 1. The predicted octanol–water partition coefficient (Wildman–Crippen LogP) is 3.02. The number of carboxylic acid groups (broad SMARTS) is 1. The molecule has 128 valence electrons. The quantitative estimate of drug-likeness (QED) is 0.735. The van der Waals surface area contributed by atoms with Gasteiger partial charge in [-0.3, -0.25) is 0 Å². The second-order valence-electron chi connectivity index (χ2n) is 5.57. The van der Waals surface area contributed by atoms with Crippen molar-refractivity contribution in [1.82, 2.24) is 5.32 Å². The molecule has 1 amide bonds. The van der Waals surface area contributed by atoms with Gasteiger partial charge in [0.05, 0.1) is 18.2 Å². The molecular weight excluding hydrogens is 320 g/mol. The number of carboxylic acids is 1. The second kappa shape index (κ2) is 8.16. The lowest BCUT2D eigenvalue weighted by molar-refractivity contribution is 0.0344. The van der Waals surface area contributed by atoms with E-state index in [-0.39, 0.29) is 24.4 Å². The van der Waals surface area contributed by atoms with E-state index in [0.29, 0.717) is 11.6 Å². The normalized spacial score (nSPS) is 17.8. The number of carbonyl (C=O) groups is 2. The van der Waals surface area contributed by atoms with Gasteiger partial charge in [-0.1, -0.05) is 0 Å². The average molecular weight is 342 g/mol. The van der Waals surface area contributed by atoms with Crippen molar-refractivity contribution in [3.05, 3.63) is 16.5 Å². The summed E-state index contributed by atoms with van der Waals surface area (Å²) in [5.41, 5.74) is 0.193. The summed E-state index contributed by atoms with van der Waals surface area (Å²) in [7, 11) is 0. The number of hydrogen-bond donors (Lipinski definition) is 3. The van der Waals surface area contributed by atoms with Crippen molar-refractivity contribution < 1.29 is 24.2 Å². The number of anilines is 1. The Bertz CT molecular complexity index is 552. The van der Waals surface area contributed by atoms with Crippen LogP contribution in [0, 0.1) is 0 Å². The SMILES string of the molecule is CC(C)OC(=O)NCc1cc(C(=O)O)c(NC2CCCCO2)s1. The molecule has 0 spiro atoms. The number of rotatable bonds is 6. The molecule has 0 radical (unpaired) electrons. The number of aromatic carboxylic acids is 1. The standard InChI is InChI=1S/C15H22N2O5S/c1-9(2)22-15(20)16-8-10-7-11(14(18)19)13(23-10)17-12-5-3-4-6-21-12/h7,9,12,17H,3-6,8H2,1-2H3,(H,16,20)(H,18,19). The third-order valence-corrected chi connectivity index (χ3v) is 4.30. The Labute approximate surface area is 139 Å². The molecule has 1 saturated heterocycles. The van der Waals surface area contributed by atoms with Crippen molar-refractivity contribution in [2.45, 2.75) is 52.0 Å². The van der Waals surface area contributed by atoms with E-state index in [2.05, 4.69) is 10.6 Å². The van der Waals surface area contributed by atoms with E-state index in [9.17, 15) is 14.7 Å². The molecule has 2 heterocycles. The number of ether oxygens (including phenoxy) is 2. The van der Waals surface area contributed by atoms with Crippen molar-refractivity contribution in [2.75, 3.05) is 11.9 Å². The van der Waals surface area contributed by atoms with Crippen LogP contribution in [0.3, 0.4) is 0 Å². The molecule has 23 heavy (non-hydrogen) atoms. The lowest BCUT2D eigenvalue weighted by Gasteiger charge is -2.23. The molecule has 8 heteroatoms. The minimum atomic E-state index is -1.00. The van der Waals surface area contributed by atoms with Crippen molar-refractivity contribution in [3.8, 4) is 0 Å². The highest BCUT2D eigenvalue weighted by Crippen LogP contribution is 2.30. The first kappa shape index (κ1) is 17.6. The third-order valence-electron chi connectivity index (χ3n) is 3.23. The molecule has 0 aliphatic carbocycles. The number of alkyl carbamates (subject to hydrolysis) is 1. The number of hydrogen-bond acceptors (Lipinski definition) is 6. The highest BCUT2D eigenvalue weighted by molar-refractivity contribution is 7.16. The fraction of sp³-hybridized carbons (Fsp3) is 0.600. The van der Waals surface area contributed by atoms with Crippen LogP contribution >= 0.6 is 11.3 Å². The van der Waals surface area contributed by atoms with Gasteiger partial charge < -0.3 is 25.2 Å². The van der Waals surface area contributed by atoms with Gasteiger partial charge in [0.15, 0.2) is 0 Å². The smallest absolute Gasteiger partial charge is 0.407 e. The van der Waals surface area contributed by atoms with Crippen LogP contribution in [0.1, 0.15) is 48.3 Å². The number of amides is 1.